The second-order valence-electron chi connectivity index (χ2n) is 5.67. The first-order valence-electron chi connectivity index (χ1n) is 7.62. The number of anilines is 2. The first-order chi connectivity index (χ1) is 10.6. The quantitative estimate of drug-likeness (QED) is 0.941. The van der Waals surface area contributed by atoms with Gasteiger partial charge in [-0.05, 0) is 31.9 Å². The fraction of sp³-hybridized carbons (Fsp3) is 0.353. The third-order valence-electron chi connectivity index (χ3n) is 4.02. The summed E-state index contributed by atoms with van der Waals surface area (Å²) >= 11 is 0. The third kappa shape index (κ3) is 2.93. The van der Waals surface area contributed by atoms with Gasteiger partial charge in [-0.3, -0.25) is 9.69 Å². The van der Waals surface area contributed by atoms with Gasteiger partial charge < -0.3 is 5.32 Å². The minimum atomic E-state index is 0.100. The Kier molecular flexibility index (Phi) is 4.04. The van der Waals surface area contributed by atoms with Gasteiger partial charge in [0.2, 0.25) is 11.9 Å². The summed E-state index contributed by atoms with van der Waals surface area (Å²) in [5.41, 5.74) is 1.17. The summed E-state index contributed by atoms with van der Waals surface area (Å²) in [6.45, 7) is 4.11. The minimum absolute atomic E-state index is 0.100. The monoisotopic (exact) mass is 296 g/mol. The smallest absolute Gasteiger partial charge is 0.228 e. The van der Waals surface area contributed by atoms with Gasteiger partial charge in [0.25, 0.3) is 0 Å². The van der Waals surface area contributed by atoms with Gasteiger partial charge in [0.15, 0.2) is 0 Å². The lowest BCUT2D eigenvalue weighted by Crippen LogP contribution is -2.31. The molecule has 0 saturated carbocycles. The minimum Gasteiger partial charge on any atom is -0.348 e. The highest BCUT2D eigenvalue weighted by Gasteiger charge is 2.29. The molecule has 5 heteroatoms. The third-order valence-corrected chi connectivity index (χ3v) is 4.02. The van der Waals surface area contributed by atoms with Crippen LogP contribution in [-0.2, 0) is 4.79 Å². The molecule has 2 atom stereocenters. The number of carbonyl (C=O) groups is 1. The van der Waals surface area contributed by atoms with Crippen LogP contribution in [0.3, 0.4) is 0 Å². The highest BCUT2D eigenvalue weighted by atomic mass is 16.2. The number of aromatic nitrogens is 2. The van der Waals surface area contributed by atoms with Crippen LogP contribution in [0.15, 0.2) is 42.6 Å². The number of amides is 1. The maximum absolute atomic E-state index is 12.0. The molecule has 2 heterocycles. The second kappa shape index (κ2) is 6.13. The molecule has 0 spiro atoms. The van der Waals surface area contributed by atoms with Gasteiger partial charge in [0.05, 0.1) is 6.04 Å². The van der Waals surface area contributed by atoms with Crippen LogP contribution in [0.1, 0.15) is 38.3 Å². The lowest BCUT2D eigenvalue weighted by atomic mass is 10.1. The van der Waals surface area contributed by atoms with E-state index in [0.29, 0.717) is 18.2 Å². The summed E-state index contributed by atoms with van der Waals surface area (Å²) in [6, 6.07) is 12.2. The van der Waals surface area contributed by atoms with Crippen molar-refractivity contribution in [2.75, 3.05) is 10.2 Å². The van der Waals surface area contributed by atoms with Crippen LogP contribution in [0.2, 0.25) is 0 Å². The molecule has 1 amide bonds. The van der Waals surface area contributed by atoms with Crippen molar-refractivity contribution >= 4 is 17.7 Å². The summed E-state index contributed by atoms with van der Waals surface area (Å²) in [5.74, 6) is 1.35. The lowest BCUT2D eigenvalue weighted by Gasteiger charge is -2.21. The maximum Gasteiger partial charge on any atom is 0.228 e. The van der Waals surface area contributed by atoms with Crippen LogP contribution in [0.5, 0.6) is 0 Å². The molecule has 22 heavy (non-hydrogen) atoms. The highest BCUT2D eigenvalue weighted by Crippen LogP contribution is 2.25. The molecule has 1 saturated heterocycles. The summed E-state index contributed by atoms with van der Waals surface area (Å²) in [4.78, 5) is 22.5. The van der Waals surface area contributed by atoms with Crippen molar-refractivity contribution in [1.82, 2.24) is 9.97 Å². The molecule has 1 aliphatic heterocycles. The summed E-state index contributed by atoms with van der Waals surface area (Å²) in [6.07, 6.45) is 3.17. The van der Waals surface area contributed by atoms with Crippen LogP contribution >= 0.6 is 0 Å². The molecule has 1 aromatic heterocycles. The SMILES string of the molecule is CC1CCC(=O)N1c1ccnc(N[C@@H](C)c2ccccc2)n1. The molecular formula is C17H20N4O. The van der Waals surface area contributed by atoms with Crippen LogP contribution in [0, 0.1) is 0 Å². The number of benzene rings is 1. The van der Waals surface area contributed by atoms with E-state index in [1.165, 1.54) is 5.56 Å². The lowest BCUT2D eigenvalue weighted by molar-refractivity contribution is -0.117. The van der Waals surface area contributed by atoms with E-state index in [0.717, 1.165) is 6.42 Å². The molecule has 5 nitrogen and oxygen atoms in total. The number of nitrogens with zero attached hydrogens (tertiary/aromatic N) is 3. The molecule has 0 bridgehead atoms. The predicted molar refractivity (Wildman–Crippen MR) is 86.7 cm³/mol. The topological polar surface area (TPSA) is 58.1 Å². The molecular weight excluding hydrogens is 276 g/mol. The Balaban J connectivity index is 1.78. The van der Waals surface area contributed by atoms with Crippen molar-refractivity contribution in [2.45, 2.75) is 38.8 Å². The van der Waals surface area contributed by atoms with Gasteiger partial charge in [0, 0.05) is 18.7 Å². The number of carbonyl (C=O) groups excluding carboxylic acids is 1. The largest absolute Gasteiger partial charge is 0.348 e. The van der Waals surface area contributed by atoms with Crippen molar-refractivity contribution in [1.29, 1.82) is 0 Å². The molecule has 1 fully saturated rings. The Bertz CT molecular complexity index is 659. The van der Waals surface area contributed by atoms with E-state index in [1.54, 1.807) is 17.2 Å². The number of rotatable bonds is 4. The molecule has 3 rings (SSSR count). The second-order valence-corrected chi connectivity index (χ2v) is 5.67. The van der Waals surface area contributed by atoms with Gasteiger partial charge in [-0.15, -0.1) is 0 Å². The molecule has 1 aromatic carbocycles. The molecule has 1 aliphatic rings. The zero-order chi connectivity index (χ0) is 15.5. The number of hydrogen-bond donors (Lipinski definition) is 1. The maximum atomic E-state index is 12.0. The molecule has 0 radical (unpaired) electrons. The van der Waals surface area contributed by atoms with E-state index in [-0.39, 0.29) is 18.0 Å². The standard InChI is InChI=1S/C17H20N4O/c1-12-8-9-16(22)21(12)15-10-11-18-17(20-15)19-13(2)14-6-4-3-5-7-14/h3-7,10-13H,8-9H2,1-2H3,(H,18,19,20)/t12?,13-/m0/s1. The van der Waals surface area contributed by atoms with Gasteiger partial charge in [-0.25, -0.2) is 4.98 Å². The molecule has 1 N–H and O–H groups in total. The van der Waals surface area contributed by atoms with E-state index >= 15 is 0 Å². The Morgan fingerprint density at radius 3 is 2.73 bits per heavy atom. The van der Waals surface area contributed by atoms with Crippen LogP contribution in [0.4, 0.5) is 11.8 Å². The normalized spacial score (nSPS) is 19.3. The van der Waals surface area contributed by atoms with Gasteiger partial charge >= 0.3 is 0 Å². The van der Waals surface area contributed by atoms with Crippen molar-refractivity contribution in [2.24, 2.45) is 0 Å². The summed E-state index contributed by atoms with van der Waals surface area (Å²) in [5, 5.41) is 3.29. The number of nitrogens with one attached hydrogen (secondary N) is 1. The fourth-order valence-electron chi connectivity index (χ4n) is 2.75. The Labute approximate surface area is 130 Å². The fourth-order valence-corrected chi connectivity index (χ4v) is 2.75. The molecule has 114 valence electrons. The Hall–Kier alpha value is -2.43. The summed E-state index contributed by atoms with van der Waals surface area (Å²) in [7, 11) is 0. The average molecular weight is 296 g/mol. The van der Waals surface area contributed by atoms with E-state index in [1.807, 2.05) is 25.1 Å². The van der Waals surface area contributed by atoms with Crippen LogP contribution in [0.25, 0.3) is 0 Å². The summed E-state index contributed by atoms with van der Waals surface area (Å²) < 4.78 is 0. The van der Waals surface area contributed by atoms with Crippen molar-refractivity contribution in [3.05, 3.63) is 48.2 Å². The van der Waals surface area contributed by atoms with Crippen LogP contribution in [-0.4, -0.2) is 21.9 Å². The number of hydrogen-bond acceptors (Lipinski definition) is 4. The first kappa shape index (κ1) is 14.5. The van der Waals surface area contributed by atoms with Crippen molar-refractivity contribution < 1.29 is 4.79 Å². The van der Waals surface area contributed by atoms with Crippen molar-refractivity contribution in [3.8, 4) is 0 Å². The zero-order valence-corrected chi connectivity index (χ0v) is 12.9. The van der Waals surface area contributed by atoms with Gasteiger partial charge in [-0.1, -0.05) is 30.3 Å². The Morgan fingerprint density at radius 2 is 2.05 bits per heavy atom. The molecule has 0 aliphatic carbocycles. The molecule has 2 aromatic rings. The molecule has 1 unspecified atom stereocenters. The zero-order valence-electron chi connectivity index (χ0n) is 12.9. The Morgan fingerprint density at radius 1 is 1.27 bits per heavy atom. The van der Waals surface area contributed by atoms with Gasteiger partial charge in [-0.2, -0.15) is 4.98 Å². The highest BCUT2D eigenvalue weighted by molar-refractivity contribution is 5.95. The van der Waals surface area contributed by atoms with E-state index in [2.05, 4.69) is 34.3 Å². The van der Waals surface area contributed by atoms with E-state index in [4.69, 9.17) is 0 Å². The average Bonchev–Trinajstić information content (AvgIpc) is 2.87. The van der Waals surface area contributed by atoms with E-state index < -0.39 is 0 Å². The van der Waals surface area contributed by atoms with E-state index in [9.17, 15) is 4.79 Å². The van der Waals surface area contributed by atoms with Crippen molar-refractivity contribution in [3.63, 3.8) is 0 Å². The first-order valence-corrected chi connectivity index (χ1v) is 7.62. The predicted octanol–water partition coefficient (Wildman–Crippen LogP) is 3.17. The van der Waals surface area contributed by atoms with Gasteiger partial charge in [0.1, 0.15) is 5.82 Å². The van der Waals surface area contributed by atoms with Crippen LogP contribution < -0.4 is 10.2 Å².